The Morgan fingerprint density at radius 2 is 0.600 bits per heavy atom. The third kappa shape index (κ3) is 36.5. The number of aliphatic hydroxyl groups excluding tert-OH is 2. The van der Waals surface area contributed by atoms with Crippen LogP contribution in [0.1, 0.15) is 206 Å². The second-order valence-electron chi connectivity index (χ2n) is 13.7. The van der Waals surface area contributed by atoms with Gasteiger partial charge in [-0.2, -0.15) is 0 Å². The molecule has 0 amide bonds. The van der Waals surface area contributed by atoms with Gasteiger partial charge in [0.1, 0.15) is 0 Å². The van der Waals surface area contributed by atoms with Gasteiger partial charge in [-0.05, 0) is 38.5 Å². The Labute approximate surface area is 282 Å². The van der Waals surface area contributed by atoms with Crippen molar-refractivity contribution in [2.24, 2.45) is 0 Å². The highest BCUT2D eigenvalue weighted by Gasteiger charge is 2.15. The summed E-state index contributed by atoms with van der Waals surface area (Å²) in [4.78, 5) is 0. The smallest absolute Gasteiger partial charge is 0.0697 e. The Balaban J connectivity index is 3.69. The molecule has 0 bridgehead atoms. The van der Waals surface area contributed by atoms with E-state index in [0.717, 1.165) is 26.1 Å². The Kier molecular flexibility index (Phi) is 39.8. The molecule has 0 aliphatic heterocycles. The first-order valence-electron chi connectivity index (χ1n) is 20.3. The molecule has 0 heterocycles. The van der Waals surface area contributed by atoms with Gasteiger partial charge in [0.15, 0.2) is 0 Å². The van der Waals surface area contributed by atoms with Crippen LogP contribution >= 0.6 is 0 Å². The van der Waals surface area contributed by atoms with Crippen molar-refractivity contribution in [1.29, 1.82) is 0 Å². The van der Waals surface area contributed by atoms with Crippen LogP contribution in [0.15, 0.2) is 0 Å². The van der Waals surface area contributed by atoms with Gasteiger partial charge in [-0.25, -0.2) is 0 Å². The molecule has 5 nitrogen and oxygen atoms in total. The summed E-state index contributed by atoms with van der Waals surface area (Å²) < 4.78 is 17.4. The van der Waals surface area contributed by atoms with Gasteiger partial charge in [-0.3, -0.25) is 0 Å². The van der Waals surface area contributed by atoms with Crippen LogP contribution in [0.5, 0.6) is 0 Å². The van der Waals surface area contributed by atoms with Crippen LogP contribution in [0.25, 0.3) is 0 Å². The fraction of sp³-hybridized carbons (Fsp3) is 1.00. The zero-order valence-corrected chi connectivity index (χ0v) is 30.7. The van der Waals surface area contributed by atoms with E-state index in [1.807, 2.05) is 0 Å². The molecule has 0 aliphatic carbocycles. The SMILES string of the molecule is CCCC(CCCCCCCCCCCCCCOCCO)OC(CCC)CCCCCCCCCCCCCCOCCO. The summed E-state index contributed by atoms with van der Waals surface area (Å²) >= 11 is 0. The van der Waals surface area contributed by atoms with Gasteiger partial charge < -0.3 is 24.4 Å². The van der Waals surface area contributed by atoms with Gasteiger partial charge in [0, 0.05) is 13.2 Å². The number of aliphatic hydroxyl groups is 2. The standard InChI is InChI=1S/C40H82O5/c1-3-29-39(31-25-21-17-13-9-5-7-11-15-19-23-27-35-43-37-33-41)45-40(30-4-2)32-26-22-18-14-10-6-8-12-16-20-24-28-36-44-38-34-42/h39-42H,3-38H2,1-2H3. The fourth-order valence-corrected chi connectivity index (χ4v) is 6.50. The lowest BCUT2D eigenvalue weighted by Crippen LogP contribution is -2.22. The van der Waals surface area contributed by atoms with Crippen LogP contribution in [0.2, 0.25) is 0 Å². The van der Waals surface area contributed by atoms with Crippen molar-refractivity contribution in [3.63, 3.8) is 0 Å². The van der Waals surface area contributed by atoms with Gasteiger partial charge in [0.25, 0.3) is 0 Å². The maximum Gasteiger partial charge on any atom is 0.0697 e. The van der Waals surface area contributed by atoms with Crippen molar-refractivity contribution >= 4 is 0 Å². The normalized spacial score (nSPS) is 13.1. The molecule has 0 saturated heterocycles. The van der Waals surface area contributed by atoms with Gasteiger partial charge in [-0.1, -0.05) is 168 Å². The Bertz CT molecular complexity index is 473. The second kappa shape index (κ2) is 40.0. The minimum Gasteiger partial charge on any atom is -0.394 e. The number of hydrogen-bond donors (Lipinski definition) is 2. The molecule has 0 aromatic rings. The van der Waals surface area contributed by atoms with E-state index >= 15 is 0 Å². The average molecular weight is 643 g/mol. The van der Waals surface area contributed by atoms with Crippen molar-refractivity contribution in [1.82, 2.24) is 0 Å². The second-order valence-corrected chi connectivity index (χ2v) is 13.7. The number of rotatable bonds is 40. The summed E-state index contributed by atoms with van der Waals surface area (Å²) in [5.41, 5.74) is 0. The fourth-order valence-electron chi connectivity index (χ4n) is 6.50. The number of unbranched alkanes of at least 4 members (excludes halogenated alkanes) is 22. The lowest BCUT2D eigenvalue weighted by Gasteiger charge is -2.25. The van der Waals surface area contributed by atoms with E-state index in [1.54, 1.807) is 0 Å². The summed E-state index contributed by atoms with van der Waals surface area (Å²) in [5, 5.41) is 17.4. The van der Waals surface area contributed by atoms with Crippen molar-refractivity contribution in [3.05, 3.63) is 0 Å². The predicted octanol–water partition coefficient (Wildman–Crippen LogP) is 11.5. The van der Waals surface area contributed by atoms with Crippen molar-refractivity contribution in [2.45, 2.75) is 219 Å². The molecule has 272 valence electrons. The molecule has 0 radical (unpaired) electrons. The Hall–Kier alpha value is -0.200. The van der Waals surface area contributed by atoms with E-state index in [4.69, 9.17) is 24.4 Å². The van der Waals surface area contributed by atoms with Crippen LogP contribution in [-0.2, 0) is 14.2 Å². The molecule has 0 aliphatic rings. The molecule has 2 unspecified atom stereocenters. The highest BCUT2D eigenvalue weighted by Crippen LogP contribution is 2.21. The molecule has 2 atom stereocenters. The van der Waals surface area contributed by atoms with Gasteiger partial charge in [-0.15, -0.1) is 0 Å². The van der Waals surface area contributed by atoms with E-state index in [2.05, 4.69) is 13.8 Å². The van der Waals surface area contributed by atoms with Crippen LogP contribution in [0, 0.1) is 0 Å². The van der Waals surface area contributed by atoms with E-state index in [1.165, 1.54) is 180 Å². The maximum absolute atomic E-state index is 8.71. The molecule has 2 N–H and O–H groups in total. The summed E-state index contributed by atoms with van der Waals surface area (Å²) in [5.74, 6) is 0. The average Bonchev–Trinajstić information content (AvgIpc) is 3.04. The lowest BCUT2D eigenvalue weighted by molar-refractivity contribution is -0.0308. The van der Waals surface area contributed by atoms with Gasteiger partial charge in [0.2, 0.25) is 0 Å². The topological polar surface area (TPSA) is 68.2 Å². The Morgan fingerprint density at radius 3 is 0.867 bits per heavy atom. The van der Waals surface area contributed by atoms with Crippen LogP contribution in [0.4, 0.5) is 0 Å². The number of hydrogen-bond acceptors (Lipinski definition) is 5. The third-order valence-electron chi connectivity index (χ3n) is 9.21. The maximum atomic E-state index is 8.71. The van der Waals surface area contributed by atoms with E-state index in [0.29, 0.717) is 25.4 Å². The Morgan fingerprint density at radius 1 is 0.333 bits per heavy atom. The summed E-state index contributed by atoms with van der Waals surface area (Å²) in [7, 11) is 0. The summed E-state index contributed by atoms with van der Waals surface area (Å²) in [6, 6.07) is 0. The van der Waals surface area contributed by atoms with Crippen LogP contribution < -0.4 is 0 Å². The first kappa shape index (κ1) is 44.8. The van der Waals surface area contributed by atoms with E-state index in [9.17, 15) is 0 Å². The van der Waals surface area contributed by atoms with Crippen LogP contribution in [-0.4, -0.2) is 62.1 Å². The molecule has 0 aromatic heterocycles. The zero-order chi connectivity index (χ0) is 32.7. The summed E-state index contributed by atoms with van der Waals surface area (Å²) in [6.07, 6.45) is 40.9. The minimum absolute atomic E-state index is 0.141. The van der Waals surface area contributed by atoms with Crippen molar-refractivity contribution in [2.75, 3.05) is 39.6 Å². The molecule has 0 saturated carbocycles. The zero-order valence-electron chi connectivity index (χ0n) is 30.7. The first-order chi connectivity index (χ1) is 22.3. The molecule has 0 fully saturated rings. The van der Waals surface area contributed by atoms with Crippen molar-refractivity contribution in [3.8, 4) is 0 Å². The molecule has 0 aromatic carbocycles. The largest absolute Gasteiger partial charge is 0.394 e. The monoisotopic (exact) mass is 643 g/mol. The summed E-state index contributed by atoms with van der Waals surface area (Å²) in [6.45, 7) is 7.50. The highest BCUT2D eigenvalue weighted by molar-refractivity contribution is 4.65. The molecule has 45 heavy (non-hydrogen) atoms. The number of ether oxygens (including phenoxy) is 3. The highest BCUT2D eigenvalue weighted by atomic mass is 16.5. The van der Waals surface area contributed by atoms with Gasteiger partial charge in [0.05, 0.1) is 38.6 Å². The lowest BCUT2D eigenvalue weighted by atomic mass is 10.0. The van der Waals surface area contributed by atoms with Crippen LogP contribution in [0.3, 0.4) is 0 Å². The van der Waals surface area contributed by atoms with Crippen molar-refractivity contribution < 1.29 is 24.4 Å². The quantitative estimate of drug-likeness (QED) is 0.0651. The molecule has 5 heteroatoms. The van der Waals surface area contributed by atoms with Gasteiger partial charge >= 0.3 is 0 Å². The van der Waals surface area contributed by atoms with E-state index < -0.39 is 0 Å². The molecule has 0 spiro atoms. The molecular weight excluding hydrogens is 560 g/mol. The predicted molar refractivity (Wildman–Crippen MR) is 194 cm³/mol. The molecule has 0 rings (SSSR count). The first-order valence-corrected chi connectivity index (χ1v) is 20.3. The van der Waals surface area contributed by atoms with E-state index in [-0.39, 0.29) is 13.2 Å². The minimum atomic E-state index is 0.141. The molecular formula is C40H82O5. The third-order valence-corrected chi connectivity index (χ3v) is 9.21.